The highest BCUT2D eigenvalue weighted by atomic mass is 19.3. The molecule has 0 spiro atoms. The number of benzene rings is 1. The molecule has 0 radical (unpaired) electrons. The van der Waals surface area contributed by atoms with Gasteiger partial charge < -0.3 is 5.11 Å². The molecule has 1 N–H and O–H groups in total. The van der Waals surface area contributed by atoms with E-state index in [9.17, 15) is 18.4 Å². The van der Waals surface area contributed by atoms with Crippen molar-refractivity contribution >= 4 is 17.6 Å². The van der Waals surface area contributed by atoms with Gasteiger partial charge in [-0.05, 0) is 23.5 Å². The Morgan fingerprint density at radius 3 is 2.33 bits per heavy atom. The van der Waals surface area contributed by atoms with Crippen LogP contribution in [0.25, 0.3) is 0 Å². The lowest BCUT2D eigenvalue weighted by molar-refractivity contribution is -0.182. The number of aliphatic carboxylic acids is 1. The van der Waals surface area contributed by atoms with Crippen LogP contribution in [0.15, 0.2) is 18.2 Å². The van der Waals surface area contributed by atoms with E-state index in [1.54, 1.807) is 25.1 Å². The third kappa shape index (κ3) is 2.18. The number of carboxylic acids is 1. The second kappa shape index (κ2) is 4.51. The first-order chi connectivity index (χ1) is 9.49. The number of aryl methyl sites for hydroxylation is 1. The number of carbonyl (C=O) groups excluding carboxylic acids is 1. The van der Waals surface area contributed by atoms with E-state index < -0.39 is 29.3 Å². The highest BCUT2D eigenvalue weighted by Gasteiger charge is 2.68. The van der Waals surface area contributed by atoms with Gasteiger partial charge in [-0.25, -0.2) is 4.90 Å². The molecule has 1 aromatic carbocycles. The molecular weight excluding hydrogens is 280 g/mol. The standard InChI is InChI=1S/C15H17F2NO3/c1-8-6-5-7-9(14(2,3)4)11(8)18-12(19)10(13(20)21)15(18,16)17/h5-7,10H,1-4H3,(H,20,21). The van der Waals surface area contributed by atoms with Gasteiger partial charge in [0.25, 0.3) is 5.91 Å². The Kier molecular flexibility index (Phi) is 3.31. The van der Waals surface area contributed by atoms with Crippen LogP contribution >= 0.6 is 0 Å². The number of hydrogen-bond donors (Lipinski definition) is 1. The minimum atomic E-state index is -3.71. The third-order valence-corrected chi connectivity index (χ3v) is 3.63. The van der Waals surface area contributed by atoms with Crippen LogP contribution in [0, 0.1) is 12.8 Å². The molecular formula is C15H17F2NO3. The number of amides is 1. The SMILES string of the molecule is Cc1cccc(C(C)(C)C)c1N1C(=O)C(C(=O)O)C1(F)F. The van der Waals surface area contributed by atoms with Gasteiger partial charge >= 0.3 is 12.0 Å². The van der Waals surface area contributed by atoms with E-state index in [1.165, 1.54) is 0 Å². The maximum Gasteiger partial charge on any atom is 0.354 e. The Balaban J connectivity index is 2.59. The molecule has 1 atom stereocenters. The molecule has 1 saturated heterocycles. The van der Waals surface area contributed by atoms with Crippen LogP contribution in [0.5, 0.6) is 0 Å². The second-order valence-corrected chi connectivity index (χ2v) is 6.25. The van der Waals surface area contributed by atoms with Gasteiger partial charge in [0.1, 0.15) is 0 Å². The topological polar surface area (TPSA) is 57.6 Å². The molecule has 4 nitrogen and oxygen atoms in total. The summed E-state index contributed by atoms with van der Waals surface area (Å²) < 4.78 is 28.3. The van der Waals surface area contributed by atoms with E-state index >= 15 is 0 Å². The zero-order valence-corrected chi connectivity index (χ0v) is 12.3. The van der Waals surface area contributed by atoms with Gasteiger partial charge in [0.05, 0.1) is 5.69 Å². The largest absolute Gasteiger partial charge is 0.480 e. The number of carbonyl (C=O) groups is 2. The van der Waals surface area contributed by atoms with E-state index in [4.69, 9.17) is 5.11 Å². The molecule has 0 saturated carbocycles. The molecule has 0 aromatic heterocycles. The van der Waals surface area contributed by atoms with Gasteiger partial charge in [-0.15, -0.1) is 0 Å². The minimum absolute atomic E-state index is 0.109. The second-order valence-electron chi connectivity index (χ2n) is 6.25. The first kappa shape index (κ1) is 15.4. The van der Waals surface area contributed by atoms with Crippen molar-refractivity contribution in [2.45, 2.75) is 39.2 Å². The fraction of sp³-hybridized carbons (Fsp3) is 0.467. The van der Waals surface area contributed by atoms with Crippen molar-refractivity contribution in [1.82, 2.24) is 0 Å². The van der Waals surface area contributed by atoms with Crippen LogP contribution in [-0.2, 0) is 15.0 Å². The van der Waals surface area contributed by atoms with Crippen LogP contribution in [0.1, 0.15) is 31.9 Å². The summed E-state index contributed by atoms with van der Waals surface area (Å²) in [6, 6.07) is 1.33. The summed E-state index contributed by atoms with van der Waals surface area (Å²) in [6.45, 7) is 7.18. The average molecular weight is 297 g/mol. The van der Waals surface area contributed by atoms with E-state index in [0.29, 0.717) is 16.0 Å². The molecule has 21 heavy (non-hydrogen) atoms. The lowest BCUT2D eigenvalue weighted by Gasteiger charge is -2.46. The molecule has 1 unspecified atom stereocenters. The smallest absolute Gasteiger partial charge is 0.354 e. The van der Waals surface area contributed by atoms with Gasteiger partial charge in [-0.1, -0.05) is 39.0 Å². The Bertz CT molecular complexity index is 620. The normalized spacial score (nSPS) is 21.1. The monoisotopic (exact) mass is 297 g/mol. The number of nitrogens with zero attached hydrogens (tertiary/aromatic N) is 1. The van der Waals surface area contributed by atoms with Crippen LogP contribution in [0.3, 0.4) is 0 Å². The zero-order chi connectivity index (χ0) is 16.2. The number of β-lactam (4-membered cyclic amide) rings is 1. The highest BCUT2D eigenvalue weighted by molar-refractivity contribution is 6.14. The lowest BCUT2D eigenvalue weighted by atomic mass is 9.82. The maximum atomic E-state index is 14.1. The van der Waals surface area contributed by atoms with Crippen molar-refractivity contribution < 1.29 is 23.5 Å². The number of alkyl halides is 2. The first-order valence-electron chi connectivity index (χ1n) is 6.54. The lowest BCUT2D eigenvalue weighted by Crippen LogP contribution is -2.69. The van der Waals surface area contributed by atoms with Crippen molar-refractivity contribution in [3.8, 4) is 0 Å². The molecule has 1 fully saturated rings. The molecule has 0 bridgehead atoms. The molecule has 1 heterocycles. The summed E-state index contributed by atoms with van der Waals surface area (Å²) in [7, 11) is 0. The van der Waals surface area contributed by atoms with Crippen LogP contribution in [-0.4, -0.2) is 23.0 Å². The molecule has 114 valence electrons. The predicted molar refractivity (Wildman–Crippen MR) is 73.4 cm³/mol. The van der Waals surface area contributed by atoms with Crippen LogP contribution in [0.2, 0.25) is 0 Å². The number of para-hydroxylation sites is 1. The van der Waals surface area contributed by atoms with Gasteiger partial charge in [0, 0.05) is 0 Å². The first-order valence-corrected chi connectivity index (χ1v) is 6.54. The Morgan fingerprint density at radius 2 is 1.90 bits per heavy atom. The summed E-state index contributed by atoms with van der Waals surface area (Å²) in [4.78, 5) is 23.1. The van der Waals surface area contributed by atoms with Gasteiger partial charge in [0.2, 0.25) is 5.92 Å². The summed E-state index contributed by atoms with van der Waals surface area (Å²) >= 11 is 0. The highest BCUT2D eigenvalue weighted by Crippen LogP contribution is 2.48. The Labute approximate surface area is 121 Å². The predicted octanol–water partition coefficient (Wildman–Crippen LogP) is 2.93. The van der Waals surface area contributed by atoms with E-state index in [0.717, 1.165) is 0 Å². The van der Waals surface area contributed by atoms with E-state index in [-0.39, 0.29) is 5.69 Å². The molecule has 6 heteroatoms. The summed E-state index contributed by atoms with van der Waals surface area (Å²) in [6.07, 6.45) is 0. The third-order valence-electron chi connectivity index (χ3n) is 3.63. The summed E-state index contributed by atoms with van der Waals surface area (Å²) in [5.74, 6) is -5.18. The Hall–Kier alpha value is -1.98. The Morgan fingerprint density at radius 1 is 1.33 bits per heavy atom. The number of halogens is 2. The molecule has 1 aliphatic rings. The summed E-state index contributed by atoms with van der Waals surface area (Å²) in [5, 5.41) is 8.77. The van der Waals surface area contributed by atoms with Crippen molar-refractivity contribution in [2.75, 3.05) is 4.90 Å². The average Bonchev–Trinajstić information content (AvgIpc) is 2.28. The minimum Gasteiger partial charge on any atom is -0.480 e. The van der Waals surface area contributed by atoms with Crippen molar-refractivity contribution in [1.29, 1.82) is 0 Å². The van der Waals surface area contributed by atoms with E-state index in [2.05, 4.69) is 0 Å². The van der Waals surface area contributed by atoms with Gasteiger partial charge in [-0.3, -0.25) is 9.59 Å². The summed E-state index contributed by atoms with van der Waals surface area (Å²) in [5.41, 5.74) is 0.752. The number of anilines is 1. The van der Waals surface area contributed by atoms with Crippen molar-refractivity contribution in [3.05, 3.63) is 29.3 Å². The number of hydrogen-bond acceptors (Lipinski definition) is 2. The molecule has 1 amide bonds. The molecule has 1 aromatic rings. The fourth-order valence-electron chi connectivity index (χ4n) is 2.56. The van der Waals surface area contributed by atoms with Crippen molar-refractivity contribution in [3.63, 3.8) is 0 Å². The van der Waals surface area contributed by atoms with Crippen LogP contribution in [0.4, 0.5) is 14.5 Å². The van der Waals surface area contributed by atoms with Gasteiger partial charge in [-0.2, -0.15) is 8.78 Å². The van der Waals surface area contributed by atoms with Crippen LogP contribution < -0.4 is 4.90 Å². The van der Waals surface area contributed by atoms with Gasteiger partial charge in [0.15, 0.2) is 0 Å². The molecule has 1 aliphatic heterocycles. The quantitative estimate of drug-likeness (QED) is 0.519. The maximum absolute atomic E-state index is 14.1. The zero-order valence-electron chi connectivity index (χ0n) is 12.3. The molecule has 2 rings (SSSR count). The van der Waals surface area contributed by atoms with Crippen molar-refractivity contribution in [2.24, 2.45) is 5.92 Å². The number of carboxylic acid groups (broad SMARTS) is 1. The molecule has 0 aliphatic carbocycles. The van der Waals surface area contributed by atoms with E-state index in [1.807, 2.05) is 20.8 Å². The number of rotatable bonds is 2. The fourth-order valence-corrected chi connectivity index (χ4v) is 2.56.